The van der Waals surface area contributed by atoms with Gasteiger partial charge in [-0.3, -0.25) is 4.90 Å². The topological polar surface area (TPSA) is 90.9 Å². The standard InChI is InChI=1S/C21H27N3O5/c1-12-7-8-16-15(9-12)18(23-13(2)22-16)28-14-10-17(19(25)27-6)24(11-14)20(26)29-21(3,4)5/h7-9,14,17H,10-11H2,1-6H3/t14-,17?/m1/s1. The smallest absolute Gasteiger partial charge is 0.411 e. The van der Waals surface area contributed by atoms with E-state index in [1.54, 1.807) is 27.7 Å². The van der Waals surface area contributed by atoms with Gasteiger partial charge in [0.15, 0.2) is 0 Å². The van der Waals surface area contributed by atoms with E-state index in [2.05, 4.69) is 9.97 Å². The van der Waals surface area contributed by atoms with Crippen LogP contribution in [0.25, 0.3) is 10.9 Å². The van der Waals surface area contributed by atoms with Crippen molar-refractivity contribution in [3.63, 3.8) is 0 Å². The normalized spacial score (nSPS) is 19.3. The van der Waals surface area contributed by atoms with Gasteiger partial charge in [0.25, 0.3) is 0 Å². The maximum absolute atomic E-state index is 12.6. The van der Waals surface area contributed by atoms with E-state index in [4.69, 9.17) is 14.2 Å². The van der Waals surface area contributed by atoms with E-state index in [0.29, 0.717) is 18.1 Å². The summed E-state index contributed by atoms with van der Waals surface area (Å²) in [6, 6.07) is 5.09. The van der Waals surface area contributed by atoms with Crippen LogP contribution in [-0.4, -0.2) is 58.3 Å². The molecule has 0 spiro atoms. The van der Waals surface area contributed by atoms with Crippen molar-refractivity contribution in [2.45, 2.75) is 58.8 Å². The van der Waals surface area contributed by atoms with Gasteiger partial charge in [-0.2, -0.15) is 4.98 Å². The fourth-order valence-electron chi connectivity index (χ4n) is 3.34. The minimum atomic E-state index is -0.768. The average Bonchev–Trinajstić information content (AvgIpc) is 3.04. The van der Waals surface area contributed by atoms with Crippen molar-refractivity contribution in [1.82, 2.24) is 14.9 Å². The highest BCUT2D eigenvalue weighted by Crippen LogP contribution is 2.29. The monoisotopic (exact) mass is 401 g/mol. The molecule has 1 aromatic carbocycles. The molecule has 1 unspecified atom stereocenters. The predicted molar refractivity (Wildman–Crippen MR) is 107 cm³/mol. The van der Waals surface area contributed by atoms with E-state index in [1.807, 2.05) is 25.1 Å². The molecule has 1 saturated heterocycles. The first-order valence-electron chi connectivity index (χ1n) is 9.56. The number of hydrogen-bond acceptors (Lipinski definition) is 7. The SMILES string of the molecule is COC(=O)C1C[C@@H](Oc2nc(C)nc3ccc(C)cc23)CN1C(=O)OC(C)(C)C. The summed E-state index contributed by atoms with van der Waals surface area (Å²) in [5.74, 6) is 0.528. The molecule has 0 radical (unpaired) electrons. The quantitative estimate of drug-likeness (QED) is 0.730. The molecule has 1 amide bonds. The number of hydrogen-bond donors (Lipinski definition) is 0. The molecule has 8 heteroatoms. The van der Waals surface area contributed by atoms with Gasteiger partial charge in [0.05, 0.1) is 24.6 Å². The Morgan fingerprint density at radius 3 is 2.55 bits per heavy atom. The van der Waals surface area contributed by atoms with Gasteiger partial charge < -0.3 is 14.2 Å². The Morgan fingerprint density at radius 2 is 1.90 bits per heavy atom. The second-order valence-corrected chi connectivity index (χ2v) is 8.24. The third-order valence-corrected chi connectivity index (χ3v) is 4.57. The second kappa shape index (κ2) is 7.85. The minimum Gasteiger partial charge on any atom is -0.472 e. The molecule has 8 nitrogen and oxygen atoms in total. The maximum Gasteiger partial charge on any atom is 0.411 e. The first kappa shape index (κ1) is 20.8. The Bertz CT molecular complexity index is 938. The number of likely N-dealkylation sites (tertiary alicyclic amines) is 1. The van der Waals surface area contributed by atoms with E-state index < -0.39 is 29.8 Å². The predicted octanol–water partition coefficient (Wildman–Crippen LogP) is 3.18. The van der Waals surface area contributed by atoms with Gasteiger partial charge in [-0.15, -0.1) is 0 Å². The Hall–Kier alpha value is -2.90. The number of amides is 1. The number of carbonyl (C=O) groups is 2. The molecular formula is C21H27N3O5. The molecule has 29 heavy (non-hydrogen) atoms. The summed E-state index contributed by atoms with van der Waals surface area (Å²) in [4.78, 5) is 35.1. The van der Waals surface area contributed by atoms with Crippen molar-refractivity contribution >= 4 is 23.0 Å². The molecule has 2 aromatic rings. The number of methoxy groups -OCH3 is 1. The van der Waals surface area contributed by atoms with Crippen molar-refractivity contribution < 1.29 is 23.8 Å². The molecule has 3 rings (SSSR count). The van der Waals surface area contributed by atoms with Crippen LogP contribution in [-0.2, 0) is 14.3 Å². The lowest BCUT2D eigenvalue weighted by atomic mass is 10.1. The molecule has 1 fully saturated rings. The van der Waals surface area contributed by atoms with Gasteiger partial charge in [0, 0.05) is 6.42 Å². The molecule has 1 aliphatic rings. The summed E-state index contributed by atoms with van der Waals surface area (Å²) in [5.41, 5.74) is 1.17. The van der Waals surface area contributed by atoms with Crippen LogP contribution in [0, 0.1) is 13.8 Å². The van der Waals surface area contributed by atoms with Crippen molar-refractivity contribution in [3.05, 3.63) is 29.6 Å². The number of benzene rings is 1. The molecule has 0 saturated carbocycles. The Kier molecular flexibility index (Phi) is 5.64. The Balaban J connectivity index is 1.87. The number of esters is 1. The minimum absolute atomic E-state index is 0.199. The number of nitrogens with zero attached hydrogens (tertiary/aromatic N) is 3. The highest BCUT2D eigenvalue weighted by Gasteiger charge is 2.43. The number of aromatic nitrogens is 2. The lowest BCUT2D eigenvalue weighted by Gasteiger charge is -2.27. The summed E-state index contributed by atoms with van der Waals surface area (Å²) >= 11 is 0. The van der Waals surface area contributed by atoms with E-state index in [0.717, 1.165) is 16.5 Å². The van der Waals surface area contributed by atoms with Gasteiger partial charge in [0.2, 0.25) is 5.88 Å². The summed E-state index contributed by atoms with van der Waals surface area (Å²) in [6.07, 6.45) is -0.703. The van der Waals surface area contributed by atoms with E-state index in [9.17, 15) is 9.59 Å². The van der Waals surface area contributed by atoms with Crippen LogP contribution in [0.3, 0.4) is 0 Å². The van der Waals surface area contributed by atoms with Gasteiger partial charge in [-0.1, -0.05) is 11.6 Å². The van der Waals surface area contributed by atoms with Crippen LogP contribution in [0.2, 0.25) is 0 Å². The summed E-state index contributed by atoms with van der Waals surface area (Å²) in [5, 5.41) is 0.793. The highest BCUT2D eigenvalue weighted by atomic mass is 16.6. The summed E-state index contributed by atoms with van der Waals surface area (Å²) in [7, 11) is 1.30. The van der Waals surface area contributed by atoms with Crippen LogP contribution in [0.5, 0.6) is 5.88 Å². The lowest BCUT2D eigenvalue weighted by molar-refractivity contribution is -0.145. The average molecular weight is 401 g/mol. The number of carbonyl (C=O) groups excluding carboxylic acids is 2. The summed E-state index contributed by atoms with van der Waals surface area (Å²) in [6.45, 7) is 9.31. The summed E-state index contributed by atoms with van der Waals surface area (Å²) < 4.78 is 16.5. The highest BCUT2D eigenvalue weighted by molar-refractivity contribution is 5.84. The fourth-order valence-corrected chi connectivity index (χ4v) is 3.34. The zero-order chi connectivity index (χ0) is 21.3. The third-order valence-electron chi connectivity index (χ3n) is 4.57. The third kappa shape index (κ3) is 4.75. The molecule has 0 N–H and O–H groups in total. The van der Waals surface area contributed by atoms with Crippen molar-refractivity contribution in [2.75, 3.05) is 13.7 Å². The van der Waals surface area contributed by atoms with Gasteiger partial charge in [-0.25, -0.2) is 14.6 Å². The van der Waals surface area contributed by atoms with Gasteiger partial charge >= 0.3 is 12.1 Å². The number of ether oxygens (including phenoxy) is 3. The Labute approximate surface area is 170 Å². The second-order valence-electron chi connectivity index (χ2n) is 8.24. The van der Waals surface area contributed by atoms with Gasteiger partial charge in [0.1, 0.15) is 23.6 Å². The van der Waals surface area contributed by atoms with E-state index in [1.165, 1.54) is 12.0 Å². The first-order chi connectivity index (χ1) is 13.6. The van der Waals surface area contributed by atoms with E-state index in [-0.39, 0.29) is 6.54 Å². The Morgan fingerprint density at radius 1 is 1.17 bits per heavy atom. The van der Waals surface area contributed by atoms with Gasteiger partial charge in [-0.05, 0) is 46.8 Å². The zero-order valence-electron chi connectivity index (χ0n) is 17.7. The molecule has 0 aliphatic carbocycles. The van der Waals surface area contributed by atoms with Crippen LogP contribution in [0.1, 0.15) is 38.6 Å². The van der Waals surface area contributed by atoms with Crippen LogP contribution >= 0.6 is 0 Å². The molecule has 1 aromatic heterocycles. The lowest BCUT2D eigenvalue weighted by Crippen LogP contribution is -2.44. The first-order valence-corrected chi connectivity index (χ1v) is 9.56. The van der Waals surface area contributed by atoms with Crippen LogP contribution < -0.4 is 4.74 Å². The fraction of sp³-hybridized carbons (Fsp3) is 0.524. The largest absolute Gasteiger partial charge is 0.472 e. The molecule has 156 valence electrons. The number of aryl methyl sites for hydroxylation is 2. The van der Waals surface area contributed by atoms with Crippen molar-refractivity contribution in [3.8, 4) is 5.88 Å². The zero-order valence-corrected chi connectivity index (χ0v) is 17.7. The number of fused-ring (bicyclic) bond motifs is 1. The van der Waals surface area contributed by atoms with E-state index >= 15 is 0 Å². The molecule has 0 bridgehead atoms. The molecular weight excluding hydrogens is 374 g/mol. The van der Waals surface area contributed by atoms with Crippen molar-refractivity contribution in [2.24, 2.45) is 0 Å². The molecule has 2 atom stereocenters. The van der Waals surface area contributed by atoms with Crippen LogP contribution in [0.4, 0.5) is 4.79 Å². The number of rotatable bonds is 3. The van der Waals surface area contributed by atoms with Crippen molar-refractivity contribution in [1.29, 1.82) is 0 Å². The molecule has 1 aliphatic heterocycles. The maximum atomic E-state index is 12.6. The van der Waals surface area contributed by atoms with Crippen LogP contribution in [0.15, 0.2) is 18.2 Å². The molecule has 2 heterocycles.